The molecule has 0 fully saturated rings. The van der Waals surface area contributed by atoms with Gasteiger partial charge in [0, 0.05) is 18.8 Å². The van der Waals surface area contributed by atoms with Crippen molar-refractivity contribution in [3.63, 3.8) is 0 Å². The maximum Gasteiger partial charge on any atom is 0.0445 e. The molecular formula is C22H21N. The fourth-order valence-electron chi connectivity index (χ4n) is 2.78. The van der Waals surface area contributed by atoms with Crippen molar-refractivity contribution in [1.82, 2.24) is 0 Å². The summed E-state index contributed by atoms with van der Waals surface area (Å²) in [4.78, 5) is 2.40. The molecule has 0 spiro atoms. The van der Waals surface area contributed by atoms with E-state index in [-0.39, 0.29) is 0 Å². The molecule has 0 amide bonds. The van der Waals surface area contributed by atoms with Crippen LogP contribution in [0, 0.1) is 0 Å². The van der Waals surface area contributed by atoms with E-state index in [2.05, 4.69) is 96.4 Å². The zero-order chi connectivity index (χ0) is 15.9. The van der Waals surface area contributed by atoms with Gasteiger partial charge in [-0.25, -0.2) is 0 Å². The number of anilines is 1. The number of para-hydroxylation sites is 1. The summed E-state index contributed by atoms with van der Waals surface area (Å²) in [5.74, 6) is 0. The third-order valence-electron chi connectivity index (χ3n) is 3.93. The van der Waals surface area contributed by atoms with E-state index < -0.39 is 0 Å². The Labute approximate surface area is 138 Å². The maximum absolute atomic E-state index is 3.96. The molecule has 0 saturated carbocycles. The highest BCUT2D eigenvalue weighted by atomic mass is 15.1. The van der Waals surface area contributed by atoms with Crippen molar-refractivity contribution in [1.29, 1.82) is 0 Å². The molecule has 0 heterocycles. The topological polar surface area (TPSA) is 3.24 Å². The van der Waals surface area contributed by atoms with E-state index in [9.17, 15) is 0 Å². The van der Waals surface area contributed by atoms with Crippen molar-refractivity contribution in [2.45, 2.75) is 13.1 Å². The first kappa shape index (κ1) is 15.1. The van der Waals surface area contributed by atoms with E-state index in [1.54, 1.807) is 0 Å². The van der Waals surface area contributed by atoms with Gasteiger partial charge in [-0.2, -0.15) is 0 Å². The van der Waals surface area contributed by atoms with E-state index in [4.69, 9.17) is 0 Å². The Morgan fingerprint density at radius 2 is 1.13 bits per heavy atom. The first-order valence-corrected chi connectivity index (χ1v) is 7.91. The van der Waals surface area contributed by atoms with E-state index in [0.29, 0.717) is 0 Å². The van der Waals surface area contributed by atoms with Gasteiger partial charge in [0.25, 0.3) is 0 Å². The minimum Gasteiger partial charge on any atom is -0.362 e. The molecular weight excluding hydrogens is 278 g/mol. The summed E-state index contributed by atoms with van der Waals surface area (Å²) in [5, 5.41) is 0. The van der Waals surface area contributed by atoms with E-state index in [0.717, 1.165) is 13.1 Å². The minimum absolute atomic E-state index is 0.876. The molecule has 3 aromatic rings. The van der Waals surface area contributed by atoms with Gasteiger partial charge in [0.1, 0.15) is 0 Å². The summed E-state index contributed by atoms with van der Waals surface area (Å²) in [7, 11) is 0. The Bertz CT molecular complexity index is 706. The summed E-state index contributed by atoms with van der Waals surface area (Å²) in [6, 6.07) is 29.6. The first-order chi connectivity index (χ1) is 11.4. The van der Waals surface area contributed by atoms with Crippen LogP contribution in [0.4, 0.5) is 5.69 Å². The van der Waals surface area contributed by atoms with Gasteiger partial charge in [-0.15, -0.1) is 0 Å². The Balaban J connectivity index is 1.94. The second kappa shape index (κ2) is 7.46. The van der Waals surface area contributed by atoms with Crippen molar-refractivity contribution in [2.75, 3.05) is 4.90 Å². The predicted octanol–water partition coefficient (Wildman–Crippen LogP) is 5.54. The molecule has 0 saturated heterocycles. The lowest BCUT2D eigenvalue weighted by atomic mass is 10.1. The quantitative estimate of drug-likeness (QED) is 0.578. The molecule has 1 heteroatoms. The summed E-state index contributed by atoms with van der Waals surface area (Å²) >= 11 is 0. The van der Waals surface area contributed by atoms with Crippen molar-refractivity contribution in [3.05, 3.63) is 108 Å². The van der Waals surface area contributed by atoms with Crippen molar-refractivity contribution >= 4 is 11.8 Å². The second-order valence-electron chi connectivity index (χ2n) is 5.59. The number of benzene rings is 3. The summed E-state index contributed by atoms with van der Waals surface area (Å²) in [6.45, 7) is 5.71. The van der Waals surface area contributed by atoms with Gasteiger partial charge < -0.3 is 4.90 Å². The molecule has 0 aliphatic rings. The Morgan fingerprint density at radius 1 is 0.652 bits per heavy atom. The molecule has 23 heavy (non-hydrogen) atoms. The van der Waals surface area contributed by atoms with Crippen LogP contribution < -0.4 is 4.90 Å². The molecule has 0 atom stereocenters. The van der Waals surface area contributed by atoms with Crippen LogP contribution >= 0.6 is 0 Å². The highest BCUT2D eigenvalue weighted by Gasteiger charge is 2.11. The zero-order valence-electron chi connectivity index (χ0n) is 13.2. The average Bonchev–Trinajstić information content (AvgIpc) is 2.63. The fourth-order valence-corrected chi connectivity index (χ4v) is 2.78. The van der Waals surface area contributed by atoms with Crippen molar-refractivity contribution < 1.29 is 0 Å². The Hall–Kier alpha value is -2.80. The molecule has 0 unspecified atom stereocenters. The number of nitrogens with zero attached hydrogens (tertiary/aromatic N) is 1. The summed E-state index contributed by atoms with van der Waals surface area (Å²) < 4.78 is 0. The van der Waals surface area contributed by atoms with E-state index in [1.165, 1.54) is 22.4 Å². The van der Waals surface area contributed by atoms with Crippen LogP contribution in [0.3, 0.4) is 0 Å². The zero-order valence-corrected chi connectivity index (χ0v) is 13.2. The minimum atomic E-state index is 0.876. The highest BCUT2D eigenvalue weighted by Crippen LogP contribution is 2.25. The van der Waals surface area contributed by atoms with Crippen LogP contribution in [-0.4, -0.2) is 0 Å². The lowest BCUT2D eigenvalue weighted by Gasteiger charge is -2.27. The molecule has 0 radical (unpaired) electrons. The van der Waals surface area contributed by atoms with Gasteiger partial charge in [-0.3, -0.25) is 0 Å². The molecule has 3 rings (SSSR count). The third kappa shape index (κ3) is 3.89. The molecule has 1 nitrogen and oxygen atoms in total. The SMILES string of the molecule is C=Cc1ccccc1N(Cc1ccccc1)Cc1ccccc1. The fraction of sp³-hybridized carbons (Fsp3) is 0.0909. The van der Waals surface area contributed by atoms with Gasteiger partial charge in [0.15, 0.2) is 0 Å². The first-order valence-electron chi connectivity index (χ1n) is 7.91. The summed E-state index contributed by atoms with van der Waals surface area (Å²) in [5.41, 5.74) is 5.00. The third-order valence-corrected chi connectivity index (χ3v) is 3.93. The Kier molecular flexibility index (Phi) is 4.90. The molecule has 0 bridgehead atoms. The number of rotatable bonds is 6. The molecule has 3 aromatic carbocycles. The normalized spacial score (nSPS) is 10.3. The smallest absolute Gasteiger partial charge is 0.0445 e. The molecule has 114 valence electrons. The molecule has 0 aliphatic heterocycles. The lowest BCUT2D eigenvalue weighted by Crippen LogP contribution is -2.22. The Morgan fingerprint density at radius 3 is 1.65 bits per heavy atom. The van der Waals surface area contributed by atoms with Crippen LogP contribution in [0.5, 0.6) is 0 Å². The van der Waals surface area contributed by atoms with Crippen molar-refractivity contribution in [3.8, 4) is 0 Å². The highest BCUT2D eigenvalue weighted by molar-refractivity contribution is 5.67. The van der Waals surface area contributed by atoms with Gasteiger partial charge in [-0.1, -0.05) is 91.5 Å². The summed E-state index contributed by atoms with van der Waals surface area (Å²) in [6.07, 6.45) is 1.93. The lowest BCUT2D eigenvalue weighted by molar-refractivity contribution is 0.799. The van der Waals surface area contributed by atoms with E-state index >= 15 is 0 Å². The van der Waals surface area contributed by atoms with E-state index in [1.807, 2.05) is 6.08 Å². The van der Waals surface area contributed by atoms with Gasteiger partial charge in [0.2, 0.25) is 0 Å². The van der Waals surface area contributed by atoms with Gasteiger partial charge >= 0.3 is 0 Å². The number of hydrogen-bond acceptors (Lipinski definition) is 1. The molecule has 0 aliphatic carbocycles. The largest absolute Gasteiger partial charge is 0.362 e. The predicted molar refractivity (Wildman–Crippen MR) is 99.3 cm³/mol. The van der Waals surface area contributed by atoms with Crippen molar-refractivity contribution in [2.24, 2.45) is 0 Å². The van der Waals surface area contributed by atoms with Crippen LogP contribution in [0.2, 0.25) is 0 Å². The van der Waals surface area contributed by atoms with Crippen LogP contribution in [0.1, 0.15) is 16.7 Å². The maximum atomic E-state index is 3.96. The monoisotopic (exact) mass is 299 g/mol. The standard InChI is InChI=1S/C22H21N/c1-2-21-15-9-10-16-22(21)23(17-19-11-5-3-6-12-19)18-20-13-7-4-8-14-20/h2-16H,1,17-18H2. The second-order valence-corrected chi connectivity index (χ2v) is 5.59. The number of hydrogen-bond donors (Lipinski definition) is 0. The van der Waals surface area contributed by atoms with Crippen LogP contribution in [0.15, 0.2) is 91.5 Å². The van der Waals surface area contributed by atoms with Crippen LogP contribution in [-0.2, 0) is 13.1 Å². The molecule has 0 N–H and O–H groups in total. The van der Waals surface area contributed by atoms with Gasteiger partial charge in [0.05, 0.1) is 0 Å². The van der Waals surface area contributed by atoms with Gasteiger partial charge in [-0.05, 0) is 22.8 Å². The molecule has 0 aromatic heterocycles. The van der Waals surface area contributed by atoms with Crippen LogP contribution in [0.25, 0.3) is 6.08 Å². The average molecular weight is 299 g/mol.